The number of aromatic nitrogens is 4. The Morgan fingerprint density at radius 1 is 0.946 bits per heavy atom. The van der Waals surface area contributed by atoms with Gasteiger partial charge in [0.2, 0.25) is 16.0 Å². The highest BCUT2D eigenvalue weighted by molar-refractivity contribution is 7.89. The van der Waals surface area contributed by atoms with Crippen LogP contribution in [0.4, 0.5) is 11.8 Å². The second kappa shape index (κ2) is 12.6. The first kappa shape index (κ1) is 30.1. The van der Waals surface area contributed by atoms with Crippen LogP contribution < -0.4 is 16.8 Å². The second-order valence-electron chi connectivity index (χ2n) is 10.6. The van der Waals surface area contributed by atoms with E-state index >= 15 is 0 Å². The lowest BCUT2D eigenvalue weighted by atomic mass is 9.86. The van der Waals surface area contributed by atoms with Gasteiger partial charge in [0.25, 0.3) is 0 Å². The van der Waals surface area contributed by atoms with Gasteiger partial charge in [0.15, 0.2) is 17.0 Å². The molecule has 0 atom stereocenters. The van der Waals surface area contributed by atoms with Gasteiger partial charge >= 0.3 is 0 Å². The molecule has 1 saturated heterocycles. The molecule has 0 bridgehead atoms. The lowest BCUT2D eigenvalue weighted by Gasteiger charge is -2.31. The number of halogens is 2. The van der Waals surface area contributed by atoms with E-state index in [0.29, 0.717) is 37.3 Å². The number of fused-ring (bicyclic) bond motifs is 1. The summed E-state index contributed by atoms with van der Waals surface area (Å²) in [5.74, 6) is 2.63. The molecule has 0 aromatic carbocycles. The Labute approximate surface area is 232 Å². The van der Waals surface area contributed by atoms with Crippen LogP contribution in [0.15, 0.2) is 0 Å². The molecule has 2 aromatic rings. The van der Waals surface area contributed by atoms with Crippen molar-refractivity contribution in [2.75, 3.05) is 29.9 Å². The summed E-state index contributed by atoms with van der Waals surface area (Å²) < 4.78 is 28.9. The molecule has 0 spiro atoms. The van der Waals surface area contributed by atoms with Crippen molar-refractivity contribution in [2.45, 2.75) is 102 Å². The minimum Gasteiger partial charge on any atom is -0.368 e. The van der Waals surface area contributed by atoms with E-state index in [4.69, 9.17) is 16.5 Å². The van der Waals surface area contributed by atoms with Crippen molar-refractivity contribution < 1.29 is 8.42 Å². The zero-order valence-electron chi connectivity index (χ0n) is 21.6. The quantitative estimate of drug-likeness (QED) is 0.448. The molecule has 2 aromatic heterocycles. The number of nitrogens with one attached hydrogen (secondary N) is 1. The molecule has 5 rings (SSSR count). The normalized spacial score (nSPS) is 24.1. The Morgan fingerprint density at radius 2 is 1.59 bits per heavy atom. The molecule has 3 aliphatic rings. The molecular formula is C24H42Cl2N8O2S. The van der Waals surface area contributed by atoms with E-state index in [-0.39, 0.29) is 48.6 Å². The van der Waals surface area contributed by atoms with E-state index in [1.807, 2.05) is 6.92 Å². The fourth-order valence-electron chi connectivity index (χ4n) is 6.15. The predicted molar refractivity (Wildman–Crippen MR) is 153 cm³/mol. The number of sulfonamides is 1. The van der Waals surface area contributed by atoms with Crippen molar-refractivity contribution in [2.24, 2.45) is 5.73 Å². The highest BCUT2D eigenvalue weighted by atomic mass is 35.5. The number of nitrogens with zero attached hydrogens (tertiary/aromatic N) is 5. The van der Waals surface area contributed by atoms with Gasteiger partial charge < -0.3 is 21.4 Å². The number of hydrogen-bond donors (Lipinski definition) is 3. The summed E-state index contributed by atoms with van der Waals surface area (Å²) >= 11 is 0. The monoisotopic (exact) mass is 576 g/mol. The molecule has 0 amide bonds. The highest BCUT2D eigenvalue weighted by Gasteiger charge is 2.32. The molecule has 13 heteroatoms. The fourth-order valence-corrected chi connectivity index (χ4v) is 7.70. The Bertz CT molecular complexity index is 1140. The van der Waals surface area contributed by atoms with Crippen LogP contribution >= 0.6 is 24.8 Å². The minimum atomic E-state index is -3.16. The average molecular weight is 578 g/mol. The first-order chi connectivity index (χ1) is 16.9. The van der Waals surface area contributed by atoms with Gasteiger partial charge in [-0.3, -0.25) is 0 Å². The molecule has 210 valence electrons. The van der Waals surface area contributed by atoms with Gasteiger partial charge in [-0.2, -0.15) is 9.97 Å². The van der Waals surface area contributed by atoms with Crippen molar-refractivity contribution in [3.8, 4) is 0 Å². The predicted octanol–water partition coefficient (Wildman–Crippen LogP) is 3.97. The first-order valence-corrected chi connectivity index (χ1v) is 15.0. The Kier molecular flexibility index (Phi) is 10.3. The molecule has 0 unspecified atom stereocenters. The molecule has 3 fully saturated rings. The van der Waals surface area contributed by atoms with Gasteiger partial charge in [0.1, 0.15) is 5.82 Å². The van der Waals surface area contributed by atoms with E-state index in [9.17, 15) is 8.42 Å². The molecule has 1 aliphatic heterocycles. The van der Waals surface area contributed by atoms with Gasteiger partial charge in [-0.15, -0.1) is 24.8 Å². The third-order valence-corrected chi connectivity index (χ3v) is 10.1. The van der Waals surface area contributed by atoms with Gasteiger partial charge in [-0.1, -0.05) is 19.8 Å². The summed E-state index contributed by atoms with van der Waals surface area (Å²) in [6.45, 7) is 2.94. The lowest BCUT2D eigenvalue weighted by Crippen LogP contribution is -2.43. The number of anilines is 2. The van der Waals surface area contributed by atoms with Gasteiger partial charge in [0, 0.05) is 37.1 Å². The number of rotatable bonds is 7. The molecule has 2 saturated carbocycles. The van der Waals surface area contributed by atoms with Crippen molar-refractivity contribution in [1.82, 2.24) is 23.8 Å². The maximum atomic E-state index is 12.5. The number of hydrogen-bond acceptors (Lipinski definition) is 8. The van der Waals surface area contributed by atoms with Crippen LogP contribution in [0.2, 0.25) is 0 Å². The van der Waals surface area contributed by atoms with Crippen molar-refractivity contribution in [1.29, 1.82) is 0 Å². The van der Waals surface area contributed by atoms with E-state index in [1.54, 1.807) is 4.31 Å². The van der Waals surface area contributed by atoms with Crippen LogP contribution in [0.25, 0.3) is 11.2 Å². The number of piperidine rings is 1. The molecular weight excluding hydrogens is 535 g/mol. The number of nitrogen functional groups attached to an aromatic ring is 1. The first-order valence-electron chi connectivity index (χ1n) is 13.4. The molecule has 2 aliphatic carbocycles. The maximum Gasteiger partial charge on any atom is 0.224 e. The smallest absolute Gasteiger partial charge is 0.224 e. The van der Waals surface area contributed by atoms with E-state index in [2.05, 4.69) is 19.9 Å². The van der Waals surface area contributed by atoms with E-state index in [0.717, 1.165) is 68.4 Å². The Hall–Kier alpha value is -1.40. The molecule has 5 N–H and O–H groups in total. The van der Waals surface area contributed by atoms with Crippen LogP contribution in [-0.4, -0.2) is 63.2 Å². The van der Waals surface area contributed by atoms with Crippen LogP contribution in [0.1, 0.15) is 95.3 Å². The SMILES string of the molecule is CCCS(=O)(=O)N1CCC(Nc2nc(N)nc3c2nc(C2CCC(N)CC2)n3C2CCCC2)CC1.Cl.Cl. The molecule has 3 heterocycles. The van der Waals surface area contributed by atoms with Crippen molar-refractivity contribution in [3.05, 3.63) is 5.82 Å². The Balaban J connectivity index is 0.00000190. The van der Waals surface area contributed by atoms with Crippen molar-refractivity contribution >= 4 is 57.8 Å². The molecule has 37 heavy (non-hydrogen) atoms. The zero-order valence-corrected chi connectivity index (χ0v) is 24.1. The second-order valence-corrected chi connectivity index (χ2v) is 12.7. The fraction of sp³-hybridized carbons (Fsp3) is 0.792. The van der Waals surface area contributed by atoms with Crippen LogP contribution in [-0.2, 0) is 10.0 Å². The lowest BCUT2D eigenvalue weighted by molar-refractivity contribution is 0.329. The van der Waals surface area contributed by atoms with Crippen LogP contribution in [0.5, 0.6) is 0 Å². The van der Waals surface area contributed by atoms with Crippen LogP contribution in [0.3, 0.4) is 0 Å². The topological polar surface area (TPSA) is 145 Å². The summed E-state index contributed by atoms with van der Waals surface area (Å²) in [6, 6.07) is 0.809. The summed E-state index contributed by atoms with van der Waals surface area (Å²) in [5, 5.41) is 3.56. The highest BCUT2D eigenvalue weighted by Crippen LogP contribution is 2.40. The third-order valence-electron chi connectivity index (χ3n) is 8.06. The van der Waals surface area contributed by atoms with E-state index < -0.39 is 10.0 Å². The average Bonchev–Trinajstić information content (AvgIpc) is 3.48. The summed E-state index contributed by atoms with van der Waals surface area (Å²) in [5.41, 5.74) is 14.0. The third kappa shape index (κ3) is 6.43. The number of nitrogens with two attached hydrogens (primary N) is 2. The van der Waals surface area contributed by atoms with E-state index in [1.165, 1.54) is 12.8 Å². The number of imidazole rings is 1. The summed E-state index contributed by atoms with van der Waals surface area (Å²) in [4.78, 5) is 14.4. The van der Waals surface area contributed by atoms with Gasteiger partial charge in [0.05, 0.1) is 5.75 Å². The molecule has 0 radical (unpaired) electrons. The summed E-state index contributed by atoms with van der Waals surface area (Å²) in [6.07, 6.45) is 11.0. The zero-order chi connectivity index (χ0) is 24.6. The minimum absolute atomic E-state index is 0. The largest absolute Gasteiger partial charge is 0.368 e. The van der Waals surface area contributed by atoms with Crippen molar-refractivity contribution in [3.63, 3.8) is 0 Å². The summed E-state index contributed by atoms with van der Waals surface area (Å²) in [7, 11) is -3.16. The molecule has 10 nitrogen and oxygen atoms in total. The van der Waals surface area contributed by atoms with Crippen LogP contribution in [0, 0.1) is 0 Å². The Morgan fingerprint density at radius 3 is 2.22 bits per heavy atom. The standard InChI is InChI=1S/C24H40N8O2S.2ClH/c1-2-15-35(33,34)31-13-11-18(12-14-31)27-21-20-23(30-24(26)29-21)32(19-5-3-4-6-19)22(28-20)16-7-9-17(25)10-8-16;;/h16-19H,2-15,25H2,1H3,(H3,26,27,29,30);2*1H. The maximum absolute atomic E-state index is 12.5. The van der Waals surface area contributed by atoms with Gasteiger partial charge in [-0.05, 0) is 57.8 Å². The van der Waals surface area contributed by atoms with Gasteiger partial charge in [-0.25, -0.2) is 17.7 Å².